The minimum absolute atomic E-state index is 0.131. The van der Waals surface area contributed by atoms with Gasteiger partial charge in [0.1, 0.15) is 11.4 Å². The van der Waals surface area contributed by atoms with Gasteiger partial charge < -0.3 is 15.0 Å². The molecule has 138 valence electrons. The number of carbonyl (C=O) groups is 3. The van der Waals surface area contributed by atoms with Crippen LogP contribution in [0.25, 0.3) is 0 Å². The molecule has 0 saturated heterocycles. The van der Waals surface area contributed by atoms with Crippen molar-refractivity contribution < 1.29 is 23.5 Å². The molecule has 0 aromatic heterocycles. The molecule has 0 saturated carbocycles. The van der Waals surface area contributed by atoms with Crippen molar-refractivity contribution in [3.05, 3.63) is 35.6 Å². The van der Waals surface area contributed by atoms with Crippen LogP contribution in [0.4, 0.5) is 9.18 Å². The van der Waals surface area contributed by atoms with Gasteiger partial charge in [-0.3, -0.25) is 9.59 Å². The van der Waals surface area contributed by atoms with Gasteiger partial charge in [0.05, 0.1) is 6.54 Å². The number of carbonyl (C=O) groups excluding carboxylic acids is 3. The van der Waals surface area contributed by atoms with Gasteiger partial charge >= 0.3 is 6.09 Å². The van der Waals surface area contributed by atoms with Crippen LogP contribution in [0, 0.1) is 5.82 Å². The standard InChI is InChI=1S/C18H25FN2O4/c1-5-16(23)21(11-10-20-17(24)25-18(2,3)4)12-15(22)13-6-8-14(19)9-7-13/h6-9H,5,10-12H2,1-4H3,(H,20,24). The molecule has 7 heteroatoms. The van der Waals surface area contributed by atoms with E-state index in [2.05, 4.69) is 5.32 Å². The number of nitrogens with zero attached hydrogens (tertiary/aromatic N) is 1. The second kappa shape index (κ2) is 9.15. The highest BCUT2D eigenvalue weighted by atomic mass is 19.1. The minimum Gasteiger partial charge on any atom is -0.444 e. The number of ketones is 1. The normalized spacial score (nSPS) is 10.9. The number of benzene rings is 1. The van der Waals surface area contributed by atoms with E-state index in [0.29, 0.717) is 5.56 Å². The monoisotopic (exact) mass is 352 g/mol. The lowest BCUT2D eigenvalue weighted by molar-refractivity contribution is -0.130. The van der Waals surface area contributed by atoms with Gasteiger partial charge in [-0.2, -0.15) is 0 Å². The zero-order chi connectivity index (χ0) is 19.0. The number of hydrogen-bond acceptors (Lipinski definition) is 4. The summed E-state index contributed by atoms with van der Waals surface area (Å²) < 4.78 is 18.0. The van der Waals surface area contributed by atoms with Crippen LogP contribution in [-0.2, 0) is 9.53 Å². The maximum absolute atomic E-state index is 12.9. The van der Waals surface area contributed by atoms with Gasteiger partial charge in [-0.25, -0.2) is 9.18 Å². The molecule has 0 aliphatic heterocycles. The largest absolute Gasteiger partial charge is 0.444 e. The Bertz CT molecular complexity index is 608. The van der Waals surface area contributed by atoms with Crippen molar-refractivity contribution >= 4 is 17.8 Å². The highest BCUT2D eigenvalue weighted by Gasteiger charge is 2.19. The van der Waals surface area contributed by atoms with Crippen molar-refractivity contribution in [2.24, 2.45) is 0 Å². The van der Waals surface area contributed by atoms with E-state index in [9.17, 15) is 18.8 Å². The number of halogens is 1. The Hall–Kier alpha value is -2.44. The first-order valence-electron chi connectivity index (χ1n) is 8.15. The van der Waals surface area contributed by atoms with Crippen LogP contribution in [0.2, 0.25) is 0 Å². The smallest absolute Gasteiger partial charge is 0.407 e. The molecule has 2 amide bonds. The fraction of sp³-hybridized carbons (Fsp3) is 0.500. The van der Waals surface area contributed by atoms with Crippen molar-refractivity contribution in [1.82, 2.24) is 10.2 Å². The molecule has 0 spiro atoms. The van der Waals surface area contributed by atoms with Crippen LogP contribution >= 0.6 is 0 Å². The zero-order valence-corrected chi connectivity index (χ0v) is 15.1. The lowest BCUT2D eigenvalue weighted by Gasteiger charge is -2.23. The van der Waals surface area contributed by atoms with E-state index in [4.69, 9.17) is 4.74 Å². The molecule has 6 nitrogen and oxygen atoms in total. The van der Waals surface area contributed by atoms with Crippen LogP contribution in [0.15, 0.2) is 24.3 Å². The van der Waals surface area contributed by atoms with Crippen LogP contribution < -0.4 is 5.32 Å². The van der Waals surface area contributed by atoms with Gasteiger partial charge in [0.15, 0.2) is 5.78 Å². The van der Waals surface area contributed by atoms with Crippen LogP contribution in [0.3, 0.4) is 0 Å². The molecule has 25 heavy (non-hydrogen) atoms. The van der Waals surface area contributed by atoms with Gasteiger partial charge in [-0.05, 0) is 45.0 Å². The number of amides is 2. The molecule has 1 rings (SSSR count). The fourth-order valence-corrected chi connectivity index (χ4v) is 2.02. The third kappa shape index (κ3) is 7.78. The summed E-state index contributed by atoms with van der Waals surface area (Å²) in [5.41, 5.74) is -0.280. The molecule has 0 heterocycles. The lowest BCUT2D eigenvalue weighted by atomic mass is 10.1. The Labute approximate surface area is 147 Å². The summed E-state index contributed by atoms with van der Waals surface area (Å²) >= 11 is 0. The number of rotatable bonds is 7. The van der Waals surface area contributed by atoms with Gasteiger partial charge in [-0.15, -0.1) is 0 Å². The second-order valence-corrected chi connectivity index (χ2v) is 6.53. The van der Waals surface area contributed by atoms with E-state index in [1.54, 1.807) is 27.7 Å². The Morgan fingerprint density at radius 3 is 2.28 bits per heavy atom. The molecule has 0 unspecified atom stereocenters. The van der Waals surface area contributed by atoms with Crippen LogP contribution in [0.1, 0.15) is 44.5 Å². The molecular weight excluding hydrogens is 327 g/mol. The first-order valence-corrected chi connectivity index (χ1v) is 8.15. The second-order valence-electron chi connectivity index (χ2n) is 6.53. The minimum atomic E-state index is -0.610. The van der Waals surface area contributed by atoms with Crippen molar-refractivity contribution in [3.63, 3.8) is 0 Å². The zero-order valence-electron chi connectivity index (χ0n) is 15.1. The van der Waals surface area contributed by atoms with E-state index in [0.717, 1.165) is 0 Å². The van der Waals surface area contributed by atoms with Crippen molar-refractivity contribution in [2.75, 3.05) is 19.6 Å². The Kier molecular flexibility index (Phi) is 7.54. The Morgan fingerprint density at radius 2 is 1.76 bits per heavy atom. The maximum atomic E-state index is 12.9. The average molecular weight is 352 g/mol. The summed E-state index contributed by atoms with van der Waals surface area (Å²) in [5.74, 6) is -0.930. The summed E-state index contributed by atoms with van der Waals surface area (Å²) in [7, 11) is 0. The predicted octanol–water partition coefficient (Wildman–Crippen LogP) is 2.77. The lowest BCUT2D eigenvalue weighted by Crippen LogP contribution is -2.42. The van der Waals surface area contributed by atoms with E-state index < -0.39 is 17.5 Å². The number of ether oxygens (including phenoxy) is 1. The van der Waals surface area contributed by atoms with Crippen molar-refractivity contribution in [1.29, 1.82) is 0 Å². The third-order valence-electron chi connectivity index (χ3n) is 3.21. The van der Waals surface area contributed by atoms with Gasteiger partial charge in [0, 0.05) is 25.1 Å². The van der Waals surface area contributed by atoms with Crippen molar-refractivity contribution in [3.8, 4) is 0 Å². The van der Waals surface area contributed by atoms with E-state index in [1.807, 2.05) is 0 Å². The van der Waals surface area contributed by atoms with Crippen LogP contribution in [0.5, 0.6) is 0 Å². The molecule has 0 aliphatic rings. The molecule has 1 aromatic rings. The van der Waals surface area contributed by atoms with E-state index in [1.165, 1.54) is 29.2 Å². The molecule has 0 fully saturated rings. The van der Waals surface area contributed by atoms with Gasteiger partial charge in [0.2, 0.25) is 5.91 Å². The quantitative estimate of drug-likeness (QED) is 0.766. The summed E-state index contributed by atoms with van der Waals surface area (Å²) in [6.45, 7) is 7.16. The molecular formula is C18H25FN2O4. The van der Waals surface area contributed by atoms with E-state index in [-0.39, 0.29) is 37.7 Å². The highest BCUT2D eigenvalue weighted by Crippen LogP contribution is 2.07. The summed E-state index contributed by atoms with van der Waals surface area (Å²) in [5, 5.41) is 2.55. The summed E-state index contributed by atoms with van der Waals surface area (Å²) in [6, 6.07) is 5.16. The van der Waals surface area contributed by atoms with Crippen LogP contribution in [-0.4, -0.2) is 47.9 Å². The number of alkyl carbamates (subject to hydrolysis) is 1. The van der Waals surface area contributed by atoms with Gasteiger partial charge in [0.25, 0.3) is 0 Å². The first-order chi connectivity index (χ1) is 11.6. The van der Waals surface area contributed by atoms with Gasteiger partial charge in [-0.1, -0.05) is 6.92 Å². The number of hydrogen-bond donors (Lipinski definition) is 1. The Balaban J connectivity index is 2.60. The molecule has 0 bridgehead atoms. The molecule has 0 radical (unpaired) electrons. The summed E-state index contributed by atoms with van der Waals surface area (Å²) in [4.78, 5) is 37.2. The summed E-state index contributed by atoms with van der Waals surface area (Å²) in [6.07, 6.45) is -0.343. The number of Topliss-reactive ketones (excluding diaryl/α,β-unsaturated/α-hetero) is 1. The number of nitrogens with one attached hydrogen (secondary N) is 1. The average Bonchev–Trinajstić information content (AvgIpc) is 2.52. The topological polar surface area (TPSA) is 75.7 Å². The SMILES string of the molecule is CCC(=O)N(CCNC(=O)OC(C)(C)C)CC(=O)c1ccc(F)cc1. The first kappa shape index (κ1) is 20.6. The molecule has 1 N–H and O–H groups in total. The molecule has 1 aromatic carbocycles. The van der Waals surface area contributed by atoms with E-state index >= 15 is 0 Å². The van der Waals surface area contributed by atoms with Crippen molar-refractivity contribution in [2.45, 2.75) is 39.7 Å². The maximum Gasteiger partial charge on any atom is 0.407 e. The fourth-order valence-electron chi connectivity index (χ4n) is 2.02. The highest BCUT2D eigenvalue weighted by molar-refractivity contribution is 5.99. The Morgan fingerprint density at radius 1 is 1.16 bits per heavy atom. The predicted molar refractivity (Wildman–Crippen MR) is 91.8 cm³/mol. The third-order valence-corrected chi connectivity index (χ3v) is 3.21. The molecule has 0 atom stereocenters. The molecule has 0 aliphatic carbocycles.